The van der Waals surface area contributed by atoms with Gasteiger partial charge in [0, 0.05) is 18.5 Å². The topological polar surface area (TPSA) is 65.1 Å². The molecule has 1 amide bonds. The maximum Gasteiger partial charge on any atom is 0.337 e. The Kier molecular flexibility index (Phi) is 5.41. The van der Waals surface area contributed by atoms with Gasteiger partial charge < -0.3 is 19.1 Å². The average molecular weight is 355 g/mol. The van der Waals surface area contributed by atoms with Gasteiger partial charge in [0.2, 0.25) is 0 Å². The Labute approximate surface area is 152 Å². The largest absolute Gasteiger partial charge is 0.497 e. The monoisotopic (exact) mass is 355 g/mol. The molecule has 0 aliphatic carbocycles. The van der Waals surface area contributed by atoms with E-state index < -0.39 is 5.97 Å². The second kappa shape index (κ2) is 7.91. The molecule has 0 aromatic heterocycles. The lowest BCUT2D eigenvalue weighted by Crippen LogP contribution is -2.30. The minimum atomic E-state index is -0.418. The van der Waals surface area contributed by atoms with Gasteiger partial charge in [0.05, 0.1) is 26.3 Å². The predicted octanol–water partition coefficient (Wildman–Crippen LogP) is 2.78. The molecule has 0 unspecified atom stereocenters. The van der Waals surface area contributed by atoms with Gasteiger partial charge in [0.25, 0.3) is 5.91 Å². The number of carbonyl (C=O) groups excluding carboxylic acids is 2. The molecule has 0 saturated carbocycles. The van der Waals surface area contributed by atoms with Gasteiger partial charge in [-0.05, 0) is 48.5 Å². The third kappa shape index (κ3) is 3.96. The zero-order chi connectivity index (χ0) is 18.5. The molecule has 3 rings (SSSR count). The Hall–Kier alpha value is -3.02. The molecule has 26 heavy (non-hydrogen) atoms. The molecule has 1 saturated heterocycles. The molecule has 2 aromatic rings. The van der Waals surface area contributed by atoms with E-state index in [4.69, 9.17) is 9.47 Å². The molecule has 1 aliphatic rings. The summed E-state index contributed by atoms with van der Waals surface area (Å²) in [5, 5.41) is 0. The first-order valence-electron chi connectivity index (χ1n) is 8.39. The normalized spacial score (nSPS) is 16.2. The summed E-state index contributed by atoms with van der Waals surface area (Å²) < 4.78 is 15.7. The number of benzene rings is 2. The third-order valence-electron chi connectivity index (χ3n) is 4.35. The zero-order valence-corrected chi connectivity index (χ0v) is 14.8. The van der Waals surface area contributed by atoms with Crippen LogP contribution in [-0.2, 0) is 4.74 Å². The maximum absolute atomic E-state index is 12.6. The number of hydrogen-bond donors (Lipinski definition) is 0. The summed E-state index contributed by atoms with van der Waals surface area (Å²) in [6.07, 6.45) is 0.736. The summed E-state index contributed by atoms with van der Waals surface area (Å²) in [7, 11) is 2.95. The number of amides is 1. The molecule has 1 atom stereocenters. The number of carbonyl (C=O) groups is 2. The molecule has 136 valence electrons. The van der Waals surface area contributed by atoms with Crippen molar-refractivity contribution in [3.8, 4) is 11.5 Å². The first-order chi connectivity index (χ1) is 12.6. The van der Waals surface area contributed by atoms with Crippen LogP contribution in [0.15, 0.2) is 48.5 Å². The van der Waals surface area contributed by atoms with Crippen LogP contribution in [0.1, 0.15) is 27.1 Å². The van der Waals surface area contributed by atoms with Crippen LogP contribution in [0.25, 0.3) is 0 Å². The van der Waals surface area contributed by atoms with Crippen LogP contribution in [0.2, 0.25) is 0 Å². The predicted molar refractivity (Wildman–Crippen MR) is 95.7 cm³/mol. The van der Waals surface area contributed by atoms with E-state index in [0.717, 1.165) is 17.9 Å². The number of likely N-dealkylation sites (tertiary alicyclic amines) is 1. The van der Waals surface area contributed by atoms with Gasteiger partial charge >= 0.3 is 5.97 Å². The fourth-order valence-electron chi connectivity index (χ4n) is 2.90. The molecule has 2 aromatic carbocycles. The minimum Gasteiger partial charge on any atom is -0.497 e. The molecule has 6 heteroatoms. The molecular formula is C20H21NO5. The van der Waals surface area contributed by atoms with Crippen LogP contribution in [0, 0.1) is 0 Å². The number of esters is 1. The van der Waals surface area contributed by atoms with Crippen molar-refractivity contribution in [3.05, 3.63) is 59.7 Å². The van der Waals surface area contributed by atoms with Crippen molar-refractivity contribution in [2.24, 2.45) is 0 Å². The molecule has 0 bridgehead atoms. The van der Waals surface area contributed by atoms with E-state index in [1.165, 1.54) is 7.11 Å². The first kappa shape index (κ1) is 17.8. The molecule has 1 fully saturated rings. The Bertz CT molecular complexity index is 770. The van der Waals surface area contributed by atoms with E-state index in [0.29, 0.717) is 24.2 Å². The van der Waals surface area contributed by atoms with Gasteiger partial charge in [-0.2, -0.15) is 0 Å². The van der Waals surface area contributed by atoms with E-state index in [2.05, 4.69) is 4.74 Å². The second-order valence-corrected chi connectivity index (χ2v) is 6.02. The van der Waals surface area contributed by atoms with Crippen molar-refractivity contribution < 1.29 is 23.8 Å². The van der Waals surface area contributed by atoms with Crippen molar-refractivity contribution in [2.45, 2.75) is 12.5 Å². The molecule has 1 aliphatic heterocycles. The average Bonchev–Trinajstić information content (AvgIpc) is 3.16. The summed E-state index contributed by atoms with van der Waals surface area (Å²) in [5.74, 6) is 1.05. The fraction of sp³-hybridized carbons (Fsp3) is 0.300. The fourth-order valence-corrected chi connectivity index (χ4v) is 2.90. The van der Waals surface area contributed by atoms with E-state index in [1.54, 1.807) is 36.3 Å². The highest BCUT2D eigenvalue weighted by Gasteiger charge is 2.28. The number of ether oxygens (including phenoxy) is 3. The van der Waals surface area contributed by atoms with E-state index >= 15 is 0 Å². The lowest BCUT2D eigenvalue weighted by Gasteiger charge is -2.17. The van der Waals surface area contributed by atoms with Crippen LogP contribution in [-0.4, -0.2) is 50.2 Å². The Morgan fingerprint density at radius 3 is 2.15 bits per heavy atom. The van der Waals surface area contributed by atoms with Gasteiger partial charge in [0.1, 0.15) is 17.6 Å². The van der Waals surface area contributed by atoms with E-state index in [1.807, 2.05) is 24.3 Å². The summed E-state index contributed by atoms with van der Waals surface area (Å²) in [6.45, 7) is 1.17. The van der Waals surface area contributed by atoms with Gasteiger partial charge in [0.15, 0.2) is 0 Å². The molecular weight excluding hydrogens is 334 g/mol. The smallest absolute Gasteiger partial charge is 0.337 e. The van der Waals surface area contributed by atoms with Gasteiger partial charge in [-0.25, -0.2) is 4.79 Å². The number of hydrogen-bond acceptors (Lipinski definition) is 5. The maximum atomic E-state index is 12.6. The van der Waals surface area contributed by atoms with Crippen LogP contribution in [0.5, 0.6) is 11.5 Å². The second-order valence-electron chi connectivity index (χ2n) is 6.02. The van der Waals surface area contributed by atoms with Crippen molar-refractivity contribution in [2.75, 3.05) is 27.3 Å². The van der Waals surface area contributed by atoms with E-state index in [-0.39, 0.29) is 12.0 Å². The molecule has 6 nitrogen and oxygen atoms in total. The number of rotatable bonds is 5. The highest BCUT2D eigenvalue weighted by Crippen LogP contribution is 2.22. The van der Waals surface area contributed by atoms with Crippen LogP contribution in [0.4, 0.5) is 0 Å². The summed E-state index contributed by atoms with van der Waals surface area (Å²) in [6, 6.07) is 13.9. The van der Waals surface area contributed by atoms with Crippen LogP contribution in [0.3, 0.4) is 0 Å². The summed E-state index contributed by atoms with van der Waals surface area (Å²) in [4.78, 5) is 25.8. The first-order valence-corrected chi connectivity index (χ1v) is 8.39. The number of nitrogens with zero attached hydrogens (tertiary/aromatic N) is 1. The summed E-state index contributed by atoms with van der Waals surface area (Å²) in [5.41, 5.74) is 0.967. The highest BCUT2D eigenvalue weighted by molar-refractivity contribution is 5.96. The van der Waals surface area contributed by atoms with Gasteiger partial charge in [-0.3, -0.25) is 4.79 Å². The molecule has 1 heterocycles. The van der Waals surface area contributed by atoms with Crippen molar-refractivity contribution in [3.63, 3.8) is 0 Å². The lowest BCUT2D eigenvalue weighted by molar-refractivity contribution is 0.0600. The van der Waals surface area contributed by atoms with Crippen molar-refractivity contribution >= 4 is 11.9 Å². The Balaban J connectivity index is 1.58. The van der Waals surface area contributed by atoms with Crippen LogP contribution >= 0.6 is 0 Å². The zero-order valence-electron chi connectivity index (χ0n) is 14.8. The number of methoxy groups -OCH3 is 2. The third-order valence-corrected chi connectivity index (χ3v) is 4.35. The lowest BCUT2D eigenvalue weighted by atomic mass is 10.1. The Morgan fingerprint density at radius 1 is 0.923 bits per heavy atom. The van der Waals surface area contributed by atoms with Crippen molar-refractivity contribution in [1.29, 1.82) is 0 Å². The molecule has 0 N–H and O–H groups in total. The minimum absolute atomic E-state index is 0.0401. The van der Waals surface area contributed by atoms with Gasteiger partial charge in [-0.15, -0.1) is 0 Å². The van der Waals surface area contributed by atoms with Crippen molar-refractivity contribution in [1.82, 2.24) is 4.90 Å². The van der Waals surface area contributed by atoms with E-state index in [9.17, 15) is 9.59 Å². The summed E-state index contributed by atoms with van der Waals surface area (Å²) >= 11 is 0. The van der Waals surface area contributed by atoms with Crippen LogP contribution < -0.4 is 9.47 Å². The Morgan fingerprint density at radius 2 is 1.54 bits per heavy atom. The quantitative estimate of drug-likeness (QED) is 0.772. The standard InChI is InChI=1S/C20H21NO5/c1-24-16-7-9-17(10-8-16)26-18-11-12-21(13-18)19(22)14-3-5-15(6-4-14)20(23)25-2/h3-10,18H,11-13H2,1-2H3/t18-/m1/s1. The molecule has 0 spiro atoms. The highest BCUT2D eigenvalue weighted by atomic mass is 16.5. The molecule has 0 radical (unpaired) electrons. The van der Waals surface area contributed by atoms with Gasteiger partial charge in [-0.1, -0.05) is 0 Å². The SMILES string of the molecule is COC(=O)c1ccc(C(=O)N2CC[C@@H](Oc3ccc(OC)cc3)C2)cc1.